The van der Waals surface area contributed by atoms with E-state index in [-0.39, 0.29) is 17.7 Å². The number of nitrogens with two attached hydrogens (primary N) is 1. The van der Waals surface area contributed by atoms with Gasteiger partial charge in [0.15, 0.2) is 0 Å². The lowest BCUT2D eigenvalue weighted by atomic mass is 10.0. The number of nitrogens with zero attached hydrogens (tertiary/aromatic N) is 1. The molecule has 0 aliphatic carbocycles. The third kappa shape index (κ3) is 3.48. The number of halogens is 1. The molecule has 0 spiro atoms. The zero-order valence-electron chi connectivity index (χ0n) is 12.6. The summed E-state index contributed by atoms with van der Waals surface area (Å²) in [5.41, 5.74) is 6.78. The van der Waals surface area contributed by atoms with Crippen molar-refractivity contribution in [3.63, 3.8) is 0 Å². The van der Waals surface area contributed by atoms with E-state index in [1.165, 1.54) is 24.4 Å². The first-order chi connectivity index (χ1) is 10.2. The van der Waals surface area contributed by atoms with Crippen molar-refractivity contribution >= 4 is 34.4 Å². The van der Waals surface area contributed by atoms with E-state index < -0.39 is 27.5 Å². The van der Waals surface area contributed by atoms with Crippen LogP contribution in [0, 0.1) is 5.82 Å². The molecule has 0 aromatic heterocycles. The van der Waals surface area contributed by atoms with E-state index in [2.05, 4.69) is 9.71 Å². The molecule has 1 aliphatic rings. The minimum atomic E-state index is -1.30. The number of anilines is 1. The number of benzene rings is 1. The Kier molecular flexibility index (Phi) is 4.58. The van der Waals surface area contributed by atoms with E-state index >= 15 is 0 Å². The second-order valence-electron chi connectivity index (χ2n) is 5.91. The molecule has 0 radical (unpaired) electrons. The van der Waals surface area contributed by atoms with Crippen molar-refractivity contribution in [2.75, 3.05) is 12.3 Å². The number of carbonyl (C=O) groups excluding carboxylic acids is 1. The summed E-state index contributed by atoms with van der Waals surface area (Å²) in [5.74, 6) is -1.07. The molecule has 0 bridgehead atoms. The maximum Gasteiger partial charge on any atom is 0.278 e. The summed E-state index contributed by atoms with van der Waals surface area (Å²) < 4.78 is 28.4. The van der Waals surface area contributed by atoms with Crippen LogP contribution < -0.4 is 10.5 Å². The van der Waals surface area contributed by atoms with Crippen molar-refractivity contribution in [2.24, 2.45) is 4.99 Å². The molecule has 3 N–H and O–H groups in total. The number of hydrogen-bond donors (Lipinski definition) is 2. The second kappa shape index (κ2) is 6.10. The topological polar surface area (TPSA) is 84.5 Å². The molecule has 1 aromatic carbocycles. The van der Waals surface area contributed by atoms with E-state index in [1.807, 2.05) is 20.8 Å². The predicted molar refractivity (Wildman–Crippen MR) is 87.1 cm³/mol. The molecule has 0 saturated carbocycles. The highest BCUT2D eigenvalue weighted by Gasteiger charge is 2.25. The number of hydrogen-bond acceptors (Lipinski definition) is 3. The summed E-state index contributed by atoms with van der Waals surface area (Å²) in [7, 11) is -1.30. The monoisotopic (exact) mass is 323 g/mol. The number of nitrogen functional groups attached to an aromatic ring is 1. The number of nitrogens with one attached hydrogen (secondary N) is 1. The summed E-state index contributed by atoms with van der Waals surface area (Å²) in [5, 5.41) is 0. The van der Waals surface area contributed by atoms with Gasteiger partial charge in [-0.05, 0) is 44.5 Å². The maximum absolute atomic E-state index is 14.0. The van der Waals surface area contributed by atoms with Gasteiger partial charge in [-0.15, -0.1) is 0 Å². The van der Waals surface area contributed by atoms with E-state index in [0.29, 0.717) is 11.3 Å². The molecular formula is C15H18FN3O2S. The molecule has 22 heavy (non-hydrogen) atoms. The van der Waals surface area contributed by atoms with Gasteiger partial charge in [0.25, 0.3) is 5.91 Å². The molecule has 5 nitrogen and oxygen atoms in total. The lowest BCUT2D eigenvalue weighted by Crippen LogP contribution is -2.34. The van der Waals surface area contributed by atoms with Crippen LogP contribution >= 0.6 is 0 Å². The summed E-state index contributed by atoms with van der Waals surface area (Å²) in [6.07, 6.45) is 1.37. The van der Waals surface area contributed by atoms with Gasteiger partial charge >= 0.3 is 0 Å². The Bertz CT molecular complexity index is 705. The average molecular weight is 323 g/mol. The van der Waals surface area contributed by atoms with Gasteiger partial charge in [0, 0.05) is 24.0 Å². The first kappa shape index (κ1) is 16.5. The highest BCUT2D eigenvalue weighted by molar-refractivity contribution is 7.84. The van der Waals surface area contributed by atoms with Crippen LogP contribution in [0.15, 0.2) is 28.8 Å². The molecule has 1 aliphatic heterocycles. The third-order valence-electron chi connectivity index (χ3n) is 3.08. The van der Waals surface area contributed by atoms with Crippen LogP contribution in [0.1, 0.15) is 26.3 Å². The molecule has 1 atom stereocenters. The Balaban J connectivity index is 2.32. The predicted octanol–water partition coefficient (Wildman–Crippen LogP) is 1.82. The number of rotatable bonds is 4. The molecule has 7 heteroatoms. The van der Waals surface area contributed by atoms with Crippen molar-refractivity contribution < 1.29 is 13.4 Å². The molecule has 1 aromatic rings. The molecule has 0 saturated heterocycles. The van der Waals surface area contributed by atoms with E-state index in [1.54, 1.807) is 0 Å². The van der Waals surface area contributed by atoms with Crippen LogP contribution in [0.5, 0.6) is 0 Å². The fourth-order valence-electron chi connectivity index (χ4n) is 1.92. The maximum atomic E-state index is 14.0. The van der Waals surface area contributed by atoms with Crippen LogP contribution in [-0.2, 0) is 15.8 Å². The second-order valence-corrected chi connectivity index (χ2v) is 7.96. The van der Waals surface area contributed by atoms with E-state index in [4.69, 9.17) is 5.73 Å². The molecule has 0 fully saturated rings. The Labute approximate surface area is 131 Å². The Morgan fingerprint density at radius 2 is 2.05 bits per heavy atom. The normalized spacial score (nSPS) is 16.5. The molecule has 118 valence electrons. The van der Waals surface area contributed by atoms with Gasteiger partial charge in [-0.1, -0.05) is 0 Å². The van der Waals surface area contributed by atoms with Gasteiger partial charge in [-0.25, -0.2) is 18.3 Å². The fraction of sp³-hybridized carbons (Fsp3) is 0.333. The Morgan fingerprint density at radius 3 is 2.68 bits per heavy atom. The zero-order chi connectivity index (χ0) is 16.5. The van der Waals surface area contributed by atoms with Gasteiger partial charge in [-0.2, -0.15) is 0 Å². The summed E-state index contributed by atoms with van der Waals surface area (Å²) >= 11 is 0. The zero-order valence-corrected chi connectivity index (χ0v) is 13.5. The lowest BCUT2D eigenvalue weighted by molar-refractivity contribution is -0.112. The van der Waals surface area contributed by atoms with Crippen LogP contribution in [0.3, 0.4) is 0 Å². The van der Waals surface area contributed by atoms with Crippen molar-refractivity contribution in [3.05, 3.63) is 35.2 Å². The van der Waals surface area contributed by atoms with Crippen LogP contribution in [-0.4, -0.2) is 27.6 Å². The quantitative estimate of drug-likeness (QED) is 0.829. The molecule has 2 rings (SSSR count). The molecule has 1 amide bonds. The Hall–Kier alpha value is -1.86. The summed E-state index contributed by atoms with van der Waals surface area (Å²) in [6, 6.07) is 4.03. The van der Waals surface area contributed by atoms with Gasteiger partial charge in [-0.3, -0.25) is 4.79 Å². The molecule has 1 heterocycles. The van der Waals surface area contributed by atoms with Gasteiger partial charge < -0.3 is 5.73 Å². The van der Waals surface area contributed by atoms with Gasteiger partial charge in [0.1, 0.15) is 5.82 Å². The number of carbonyl (C=O) groups is 1. The molecular weight excluding hydrogens is 305 g/mol. The SMILES string of the molecule is CC(C)(C)S(=O)NCC1=C(c2cc(N)ccc2F)C(=O)N=C1. The summed E-state index contributed by atoms with van der Waals surface area (Å²) in [4.78, 5) is 15.6. The largest absolute Gasteiger partial charge is 0.399 e. The van der Waals surface area contributed by atoms with Gasteiger partial charge in [0.05, 0.1) is 21.3 Å². The first-order valence-corrected chi connectivity index (χ1v) is 7.87. The van der Waals surface area contributed by atoms with E-state index in [9.17, 15) is 13.4 Å². The highest BCUT2D eigenvalue weighted by atomic mass is 32.2. The van der Waals surface area contributed by atoms with Crippen LogP contribution in [0.25, 0.3) is 5.57 Å². The van der Waals surface area contributed by atoms with Crippen LogP contribution in [0.4, 0.5) is 10.1 Å². The molecule has 1 unspecified atom stereocenters. The summed E-state index contributed by atoms with van der Waals surface area (Å²) in [6.45, 7) is 5.65. The van der Waals surface area contributed by atoms with Gasteiger partial charge in [0.2, 0.25) is 0 Å². The van der Waals surface area contributed by atoms with Crippen molar-refractivity contribution in [3.8, 4) is 0 Å². The minimum absolute atomic E-state index is 0.112. The van der Waals surface area contributed by atoms with Crippen molar-refractivity contribution in [1.82, 2.24) is 4.72 Å². The standard InChI is InChI=1S/C15H18FN3O2S/c1-15(2,3)22(21)19-8-9-7-18-14(20)13(9)11-6-10(17)4-5-12(11)16/h4-7,19H,8,17H2,1-3H3. The smallest absolute Gasteiger partial charge is 0.278 e. The third-order valence-corrected chi connectivity index (χ3v) is 4.60. The van der Waals surface area contributed by atoms with E-state index in [0.717, 1.165) is 0 Å². The van der Waals surface area contributed by atoms with Crippen molar-refractivity contribution in [2.45, 2.75) is 25.5 Å². The van der Waals surface area contributed by atoms with Crippen molar-refractivity contribution in [1.29, 1.82) is 0 Å². The first-order valence-electron chi connectivity index (χ1n) is 6.72. The number of aliphatic imine (C=N–C) groups is 1. The van der Waals surface area contributed by atoms with Crippen LogP contribution in [0.2, 0.25) is 0 Å². The Morgan fingerprint density at radius 1 is 1.36 bits per heavy atom. The average Bonchev–Trinajstić information content (AvgIpc) is 2.79. The number of amides is 1. The minimum Gasteiger partial charge on any atom is -0.399 e. The highest BCUT2D eigenvalue weighted by Crippen LogP contribution is 2.27. The fourth-order valence-corrected chi connectivity index (χ4v) is 2.64. The lowest BCUT2D eigenvalue weighted by Gasteiger charge is -2.18.